The summed E-state index contributed by atoms with van der Waals surface area (Å²) in [6.07, 6.45) is 5.72. The lowest BCUT2D eigenvalue weighted by Crippen LogP contribution is -2.35. The lowest BCUT2D eigenvalue weighted by molar-refractivity contribution is -0.677. The smallest absolute Gasteiger partial charge is 0.374 e. The van der Waals surface area contributed by atoms with Crippen LogP contribution in [0.1, 0.15) is 38.5 Å². The van der Waals surface area contributed by atoms with Crippen molar-refractivity contribution in [3.63, 3.8) is 0 Å². The highest BCUT2D eigenvalue weighted by molar-refractivity contribution is 8.03. The van der Waals surface area contributed by atoms with Gasteiger partial charge in [0.2, 0.25) is 5.58 Å². The SMILES string of the molecule is CCC(/C=C1\Sc2ccc(Cl)cc2N1CCCS(=O)(=O)O)=C\c1oc2ccc3ccccc3c2[n+]1CCCCS(=O)(=O)O. The van der Waals surface area contributed by atoms with Crippen molar-refractivity contribution in [1.82, 2.24) is 0 Å². The van der Waals surface area contributed by atoms with Gasteiger partial charge in [-0.05, 0) is 66.6 Å². The summed E-state index contributed by atoms with van der Waals surface area (Å²) in [6.45, 7) is 2.88. The lowest BCUT2D eigenvalue weighted by atomic mass is 10.1. The predicted molar refractivity (Wildman–Crippen MR) is 172 cm³/mol. The number of allylic oxidation sites excluding steroid dienone is 2. The minimum atomic E-state index is -4.09. The number of hydrogen-bond acceptors (Lipinski definition) is 7. The van der Waals surface area contributed by atoms with Gasteiger partial charge in [-0.25, -0.2) is 0 Å². The Morgan fingerprint density at radius 1 is 1.00 bits per heavy atom. The molecule has 3 aromatic carbocycles. The molecule has 0 atom stereocenters. The lowest BCUT2D eigenvalue weighted by Gasteiger charge is -2.20. The van der Waals surface area contributed by atoms with Crippen LogP contribution in [0.5, 0.6) is 0 Å². The van der Waals surface area contributed by atoms with Crippen molar-refractivity contribution in [2.75, 3.05) is 23.0 Å². The summed E-state index contributed by atoms with van der Waals surface area (Å²) in [4.78, 5) is 3.00. The number of thioether (sulfide) groups is 1. The van der Waals surface area contributed by atoms with Gasteiger partial charge in [0.25, 0.3) is 25.8 Å². The number of anilines is 1. The Kier molecular flexibility index (Phi) is 9.55. The van der Waals surface area contributed by atoms with Crippen molar-refractivity contribution in [1.29, 1.82) is 0 Å². The molecule has 43 heavy (non-hydrogen) atoms. The van der Waals surface area contributed by atoms with Crippen LogP contribution in [0.3, 0.4) is 0 Å². The standard InChI is InChI=1S/C30H31ClN2O7S3/c1-2-21(19-29-32(15-7-17-43(37,38)39)25-20-23(31)11-13-27(25)41-29)18-28-33(14-5-6-16-42(34,35)36)30-24-9-4-3-8-22(24)10-12-26(30)40-28/h3-4,8-13,18-20H,2,5-7,14-17H2,1H3,(H-,34,35,36,37,38,39)/p+1. The zero-order valence-electron chi connectivity index (χ0n) is 23.4. The molecule has 228 valence electrons. The summed E-state index contributed by atoms with van der Waals surface area (Å²) in [6, 6.07) is 17.5. The Morgan fingerprint density at radius 3 is 2.49 bits per heavy atom. The van der Waals surface area contributed by atoms with Crippen molar-refractivity contribution in [3.05, 3.63) is 82.2 Å². The normalized spacial score (nSPS) is 15.2. The van der Waals surface area contributed by atoms with Crippen molar-refractivity contribution in [3.8, 4) is 0 Å². The summed E-state index contributed by atoms with van der Waals surface area (Å²) in [5, 5.41) is 3.52. The molecule has 1 aromatic heterocycles. The molecular formula is C30H32ClN2O7S3+. The molecule has 1 aliphatic heterocycles. The monoisotopic (exact) mass is 663 g/mol. The molecule has 0 aliphatic carbocycles. The maximum atomic E-state index is 11.4. The number of rotatable bonds is 12. The number of benzene rings is 3. The molecule has 2 heterocycles. The first-order valence-electron chi connectivity index (χ1n) is 13.8. The zero-order chi connectivity index (χ0) is 30.8. The first-order chi connectivity index (χ1) is 20.4. The molecule has 0 spiro atoms. The van der Waals surface area contributed by atoms with Crippen molar-refractivity contribution in [2.45, 2.75) is 44.0 Å². The predicted octanol–water partition coefficient (Wildman–Crippen LogP) is 6.72. The van der Waals surface area contributed by atoms with E-state index in [1.807, 2.05) is 78.6 Å². The van der Waals surface area contributed by atoms with Gasteiger partial charge >= 0.3 is 5.89 Å². The quantitative estimate of drug-likeness (QED) is 0.0964. The molecule has 2 N–H and O–H groups in total. The molecule has 13 heteroatoms. The Morgan fingerprint density at radius 2 is 1.74 bits per heavy atom. The average molecular weight is 664 g/mol. The van der Waals surface area contributed by atoms with Crippen LogP contribution in [-0.4, -0.2) is 44.0 Å². The van der Waals surface area contributed by atoms with Crippen LogP contribution in [0.25, 0.3) is 27.9 Å². The Bertz CT molecular complexity index is 1950. The first-order valence-corrected chi connectivity index (χ1v) is 18.2. The van der Waals surface area contributed by atoms with Crippen LogP contribution in [0.15, 0.2) is 80.6 Å². The second-order valence-electron chi connectivity index (χ2n) is 10.3. The first kappa shape index (κ1) is 31.6. The maximum Gasteiger partial charge on any atom is 0.374 e. The highest BCUT2D eigenvalue weighted by Crippen LogP contribution is 2.47. The second-order valence-corrected chi connectivity index (χ2v) is 14.9. The molecule has 0 saturated heterocycles. The van der Waals surface area contributed by atoms with E-state index in [9.17, 15) is 25.9 Å². The number of fused-ring (bicyclic) bond motifs is 4. The molecule has 5 rings (SSSR count). The van der Waals surface area contributed by atoms with E-state index < -0.39 is 20.2 Å². The number of nitrogens with zero attached hydrogens (tertiary/aromatic N) is 2. The van der Waals surface area contributed by atoms with Gasteiger partial charge in [-0.15, -0.1) is 0 Å². The summed E-state index contributed by atoms with van der Waals surface area (Å²) >= 11 is 7.85. The number of aromatic nitrogens is 1. The van der Waals surface area contributed by atoms with Crippen molar-refractivity contribution < 1.29 is 34.9 Å². The molecule has 0 amide bonds. The maximum absolute atomic E-state index is 11.4. The molecular weight excluding hydrogens is 632 g/mol. The number of hydrogen-bond donors (Lipinski definition) is 2. The number of halogens is 1. The molecule has 0 fully saturated rings. The van der Waals surface area contributed by atoms with E-state index in [1.54, 1.807) is 11.8 Å². The minimum Gasteiger partial charge on any atom is -0.398 e. The van der Waals surface area contributed by atoms with Gasteiger partial charge in [0.15, 0.2) is 6.54 Å². The fourth-order valence-corrected chi connectivity index (χ4v) is 7.51. The largest absolute Gasteiger partial charge is 0.398 e. The fraction of sp³-hybridized carbons (Fsp3) is 0.300. The summed E-state index contributed by atoms with van der Waals surface area (Å²) in [5.41, 5.74) is 3.44. The van der Waals surface area contributed by atoms with Gasteiger partial charge in [0.1, 0.15) is 0 Å². The third-order valence-electron chi connectivity index (χ3n) is 7.15. The van der Waals surface area contributed by atoms with E-state index in [1.165, 1.54) is 0 Å². The van der Waals surface area contributed by atoms with Gasteiger partial charge in [0.05, 0.1) is 33.7 Å². The molecule has 0 saturated carbocycles. The zero-order valence-corrected chi connectivity index (χ0v) is 26.6. The third-order valence-corrected chi connectivity index (χ3v) is 10.1. The van der Waals surface area contributed by atoms with Gasteiger partial charge < -0.3 is 9.32 Å². The van der Waals surface area contributed by atoms with Crippen LogP contribution in [0.4, 0.5) is 5.69 Å². The second kappa shape index (κ2) is 13.0. The van der Waals surface area contributed by atoms with Crippen molar-refractivity contribution >= 4 is 77.2 Å². The Balaban J connectivity index is 1.54. The highest BCUT2D eigenvalue weighted by Gasteiger charge is 2.27. The van der Waals surface area contributed by atoms with Gasteiger partial charge in [0, 0.05) is 22.9 Å². The van der Waals surface area contributed by atoms with E-state index >= 15 is 0 Å². The van der Waals surface area contributed by atoms with E-state index in [0.717, 1.165) is 37.5 Å². The van der Waals surface area contributed by atoms with Crippen LogP contribution in [0, 0.1) is 0 Å². The Labute approximate surface area is 260 Å². The summed E-state index contributed by atoms with van der Waals surface area (Å²) in [7, 11) is -8.14. The van der Waals surface area contributed by atoms with Crippen LogP contribution < -0.4 is 9.47 Å². The molecule has 0 radical (unpaired) electrons. The van der Waals surface area contributed by atoms with E-state index in [2.05, 4.69) is 4.57 Å². The number of unbranched alkanes of at least 4 members (excludes halogenated alkanes) is 1. The number of oxazole rings is 1. The minimum absolute atomic E-state index is 0.230. The van der Waals surface area contributed by atoms with E-state index in [0.29, 0.717) is 48.8 Å². The highest BCUT2D eigenvalue weighted by atomic mass is 35.5. The average Bonchev–Trinajstić information content (AvgIpc) is 3.46. The van der Waals surface area contributed by atoms with Crippen LogP contribution in [0.2, 0.25) is 5.02 Å². The van der Waals surface area contributed by atoms with E-state index in [4.69, 9.17) is 16.0 Å². The van der Waals surface area contributed by atoms with Gasteiger partial charge in [-0.2, -0.15) is 21.4 Å². The molecule has 0 unspecified atom stereocenters. The topological polar surface area (TPSA) is 129 Å². The van der Waals surface area contributed by atoms with E-state index in [-0.39, 0.29) is 17.9 Å². The van der Waals surface area contributed by atoms with Crippen LogP contribution >= 0.6 is 23.4 Å². The van der Waals surface area contributed by atoms with Gasteiger partial charge in [-0.3, -0.25) is 9.11 Å². The fourth-order valence-electron chi connectivity index (χ4n) is 5.14. The molecule has 9 nitrogen and oxygen atoms in total. The molecule has 4 aromatic rings. The van der Waals surface area contributed by atoms with Crippen LogP contribution in [-0.2, 0) is 26.8 Å². The summed E-state index contributed by atoms with van der Waals surface area (Å²) in [5.74, 6) is -0.0526. The molecule has 0 bridgehead atoms. The van der Waals surface area contributed by atoms with Gasteiger partial charge in [-0.1, -0.05) is 54.6 Å². The number of aryl methyl sites for hydroxylation is 1. The third kappa shape index (κ3) is 7.81. The Hall–Kier alpha value is -2.87. The molecule has 1 aliphatic rings. The van der Waals surface area contributed by atoms with Crippen molar-refractivity contribution in [2.24, 2.45) is 0 Å². The summed E-state index contributed by atoms with van der Waals surface area (Å²) < 4.78 is 72.2.